The lowest BCUT2D eigenvalue weighted by Crippen LogP contribution is -2.31. The van der Waals surface area contributed by atoms with Crippen LogP contribution in [0.3, 0.4) is 0 Å². The van der Waals surface area contributed by atoms with Crippen LogP contribution in [0.15, 0.2) is 10.5 Å². The minimum Gasteiger partial charge on any atom is -0.488 e. The Kier molecular flexibility index (Phi) is 6.78. The molecule has 0 aromatic heterocycles. The van der Waals surface area contributed by atoms with Gasteiger partial charge in [0.25, 0.3) is 0 Å². The van der Waals surface area contributed by atoms with Gasteiger partial charge in [0.15, 0.2) is 0 Å². The van der Waals surface area contributed by atoms with E-state index in [9.17, 15) is 4.79 Å². The standard InChI is InChI=1S/C14H17BrClNO3.ClH/c1-7-4-11(12(15)8(2)13(7)16)20-9-5-10(17-6-9)14(18)19-3;/h4,9-10,17H,5-6H2,1-3H3;1H/t9-,10+;/m1./s1. The monoisotopic (exact) mass is 397 g/mol. The molecule has 0 spiro atoms. The van der Waals surface area contributed by atoms with Crippen LogP contribution in [-0.2, 0) is 9.53 Å². The first-order chi connectivity index (χ1) is 9.43. The lowest BCUT2D eigenvalue weighted by atomic mass is 10.1. The number of nitrogens with one attached hydrogen (secondary N) is 1. The van der Waals surface area contributed by atoms with Crippen molar-refractivity contribution in [3.8, 4) is 5.75 Å². The van der Waals surface area contributed by atoms with Gasteiger partial charge in [0.1, 0.15) is 17.9 Å². The molecule has 1 aliphatic heterocycles. The van der Waals surface area contributed by atoms with Crippen molar-refractivity contribution < 1.29 is 14.3 Å². The number of methoxy groups -OCH3 is 1. The summed E-state index contributed by atoms with van der Waals surface area (Å²) in [6, 6.07) is 1.61. The Morgan fingerprint density at radius 3 is 2.76 bits per heavy atom. The van der Waals surface area contributed by atoms with Crippen molar-refractivity contribution in [2.45, 2.75) is 32.4 Å². The van der Waals surface area contributed by atoms with Crippen LogP contribution in [-0.4, -0.2) is 31.8 Å². The van der Waals surface area contributed by atoms with Crippen molar-refractivity contribution in [1.82, 2.24) is 5.32 Å². The number of halogens is 3. The molecule has 1 aliphatic rings. The molecule has 0 aliphatic carbocycles. The molecule has 0 amide bonds. The molecule has 1 aromatic carbocycles. The zero-order valence-corrected chi connectivity index (χ0v) is 15.2. The Morgan fingerprint density at radius 2 is 2.14 bits per heavy atom. The average molecular weight is 399 g/mol. The van der Waals surface area contributed by atoms with Gasteiger partial charge >= 0.3 is 5.97 Å². The molecule has 0 radical (unpaired) electrons. The van der Waals surface area contributed by atoms with E-state index in [4.69, 9.17) is 21.1 Å². The quantitative estimate of drug-likeness (QED) is 0.792. The minimum atomic E-state index is -0.293. The minimum absolute atomic E-state index is 0. The molecule has 4 nitrogen and oxygen atoms in total. The summed E-state index contributed by atoms with van der Waals surface area (Å²) in [5, 5.41) is 3.83. The maximum Gasteiger partial charge on any atom is 0.323 e. The Morgan fingerprint density at radius 1 is 1.48 bits per heavy atom. The first-order valence-corrected chi connectivity index (χ1v) is 7.54. The third kappa shape index (κ3) is 4.03. The van der Waals surface area contributed by atoms with Gasteiger partial charge in [0.2, 0.25) is 0 Å². The highest BCUT2D eigenvalue weighted by molar-refractivity contribution is 9.10. The molecule has 1 fully saturated rings. The van der Waals surface area contributed by atoms with Crippen LogP contribution in [0.2, 0.25) is 5.02 Å². The first kappa shape index (κ1) is 18.6. The van der Waals surface area contributed by atoms with Crippen LogP contribution in [0.25, 0.3) is 0 Å². The van der Waals surface area contributed by atoms with Crippen LogP contribution in [0, 0.1) is 13.8 Å². The Bertz CT molecular complexity index is 539. The van der Waals surface area contributed by atoms with Gasteiger partial charge in [0, 0.05) is 18.0 Å². The smallest absolute Gasteiger partial charge is 0.323 e. The molecule has 21 heavy (non-hydrogen) atoms. The highest BCUT2D eigenvalue weighted by atomic mass is 79.9. The number of esters is 1. The fraction of sp³-hybridized carbons (Fsp3) is 0.500. The van der Waals surface area contributed by atoms with E-state index >= 15 is 0 Å². The topological polar surface area (TPSA) is 47.6 Å². The summed E-state index contributed by atoms with van der Waals surface area (Å²) in [6.07, 6.45) is 0.537. The lowest BCUT2D eigenvalue weighted by molar-refractivity contribution is -0.142. The van der Waals surface area contributed by atoms with Crippen molar-refractivity contribution in [2.24, 2.45) is 0 Å². The van der Waals surface area contributed by atoms with E-state index in [1.807, 2.05) is 19.9 Å². The van der Waals surface area contributed by atoms with Gasteiger partial charge in [0.05, 0.1) is 11.6 Å². The number of benzene rings is 1. The maximum atomic E-state index is 11.5. The summed E-state index contributed by atoms with van der Waals surface area (Å²) in [7, 11) is 1.39. The molecule has 1 aromatic rings. The van der Waals surface area contributed by atoms with E-state index in [1.54, 1.807) is 0 Å². The van der Waals surface area contributed by atoms with Crippen molar-refractivity contribution >= 4 is 45.9 Å². The van der Waals surface area contributed by atoms with Crippen molar-refractivity contribution in [2.75, 3.05) is 13.7 Å². The summed E-state index contributed by atoms with van der Waals surface area (Å²) >= 11 is 9.70. The highest BCUT2D eigenvalue weighted by Crippen LogP contribution is 2.36. The van der Waals surface area contributed by atoms with Crippen LogP contribution in [0.1, 0.15) is 17.5 Å². The van der Waals surface area contributed by atoms with Gasteiger partial charge in [-0.05, 0) is 47.0 Å². The third-order valence-electron chi connectivity index (χ3n) is 3.44. The molecule has 7 heteroatoms. The molecule has 2 rings (SSSR count). The zero-order chi connectivity index (χ0) is 14.9. The van der Waals surface area contributed by atoms with E-state index in [1.165, 1.54) is 7.11 Å². The average Bonchev–Trinajstić information content (AvgIpc) is 2.90. The molecule has 0 unspecified atom stereocenters. The van der Waals surface area contributed by atoms with Crippen LogP contribution in [0.5, 0.6) is 5.75 Å². The maximum absolute atomic E-state index is 11.5. The zero-order valence-electron chi connectivity index (χ0n) is 12.0. The summed E-state index contributed by atoms with van der Waals surface area (Å²) in [5.74, 6) is 0.500. The number of rotatable bonds is 3. The predicted molar refractivity (Wildman–Crippen MR) is 88.7 cm³/mol. The van der Waals surface area contributed by atoms with E-state index in [0.29, 0.717) is 13.0 Å². The summed E-state index contributed by atoms with van der Waals surface area (Å²) < 4.78 is 11.6. The number of ether oxygens (including phenoxy) is 2. The normalized spacial score (nSPS) is 20.8. The SMILES string of the molecule is COC(=O)[C@@H]1C[C@@H](Oc2cc(C)c(Cl)c(C)c2Br)CN1.Cl. The van der Waals surface area contributed by atoms with Gasteiger partial charge < -0.3 is 14.8 Å². The molecular formula is C14H18BrCl2NO3. The summed E-state index contributed by atoms with van der Waals surface area (Å²) in [5.41, 5.74) is 1.93. The molecule has 0 bridgehead atoms. The van der Waals surface area contributed by atoms with Gasteiger partial charge in [-0.2, -0.15) is 0 Å². The Balaban J connectivity index is 0.00000220. The Hall–Kier alpha value is -0.490. The molecule has 1 saturated heterocycles. The third-order valence-corrected chi connectivity index (χ3v) is 5.01. The van der Waals surface area contributed by atoms with Crippen LogP contribution < -0.4 is 10.1 Å². The largest absolute Gasteiger partial charge is 0.488 e. The van der Waals surface area contributed by atoms with E-state index in [0.717, 1.165) is 26.4 Å². The van der Waals surface area contributed by atoms with E-state index in [-0.39, 0.29) is 30.5 Å². The second-order valence-electron chi connectivity index (χ2n) is 4.90. The van der Waals surface area contributed by atoms with Crippen molar-refractivity contribution in [1.29, 1.82) is 0 Å². The number of hydrogen-bond acceptors (Lipinski definition) is 4. The van der Waals surface area contributed by atoms with Gasteiger partial charge in [-0.15, -0.1) is 12.4 Å². The van der Waals surface area contributed by atoms with Crippen LogP contribution in [0.4, 0.5) is 0 Å². The lowest BCUT2D eigenvalue weighted by Gasteiger charge is -2.17. The van der Waals surface area contributed by atoms with Crippen molar-refractivity contribution in [3.05, 3.63) is 26.7 Å². The summed E-state index contributed by atoms with van der Waals surface area (Å²) in [6.45, 7) is 4.50. The number of hydrogen-bond donors (Lipinski definition) is 1. The molecule has 1 heterocycles. The molecule has 0 saturated carbocycles. The van der Waals surface area contributed by atoms with E-state index < -0.39 is 0 Å². The fourth-order valence-electron chi connectivity index (χ4n) is 2.28. The fourth-order valence-corrected chi connectivity index (χ4v) is 2.95. The number of carbonyl (C=O) groups excluding carboxylic acids is 1. The van der Waals surface area contributed by atoms with Gasteiger partial charge in [-0.1, -0.05) is 11.6 Å². The second-order valence-corrected chi connectivity index (χ2v) is 6.08. The van der Waals surface area contributed by atoms with Gasteiger partial charge in [-0.3, -0.25) is 4.79 Å². The number of aryl methyl sites for hydroxylation is 1. The predicted octanol–water partition coefficient (Wildman–Crippen LogP) is 3.42. The molecular weight excluding hydrogens is 381 g/mol. The second kappa shape index (κ2) is 7.68. The first-order valence-electron chi connectivity index (χ1n) is 6.37. The highest BCUT2D eigenvalue weighted by Gasteiger charge is 2.31. The molecule has 1 N–H and O–H groups in total. The number of carbonyl (C=O) groups is 1. The molecule has 118 valence electrons. The Labute approximate surface area is 144 Å². The van der Waals surface area contributed by atoms with Crippen LogP contribution >= 0.6 is 39.9 Å². The summed E-state index contributed by atoms with van der Waals surface area (Å²) in [4.78, 5) is 11.5. The van der Waals surface area contributed by atoms with Crippen molar-refractivity contribution in [3.63, 3.8) is 0 Å². The van der Waals surface area contributed by atoms with Gasteiger partial charge in [-0.25, -0.2) is 0 Å². The molecule has 2 atom stereocenters. The van der Waals surface area contributed by atoms with E-state index in [2.05, 4.69) is 21.2 Å².